The molecule has 125 heavy (non-hydrogen) atoms. The molecule has 22 N–H and O–H groups in total. The number of amides is 8. The number of carbonyl (C=O) groups excluding carboxylic acids is 8. The van der Waals surface area contributed by atoms with Crippen LogP contribution in [0.2, 0.25) is 10.0 Å². The zero-order chi connectivity index (χ0) is 90.3. The molecule has 8 amide bonds. The molecule has 3 unspecified atom stereocenters. The van der Waals surface area contributed by atoms with Gasteiger partial charge in [0.2, 0.25) is 59.3 Å². The van der Waals surface area contributed by atoms with Gasteiger partial charge in [-0.05, 0) is 144 Å². The number of ether oxygens (including phenoxy) is 6. The maximum atomic E-state index is 16.3. The largest absolute Gasteiger partial charge is 0.508 e. The minimum Gasteiger partial charge on any atom is -0.508 e. The lowest BCUT2D eigenvalue weighted by atomic mass is 9.85. The van der Waals surface area contributed by atoms with Crippen molar-refractivity contribution in [3.63, 3.8) is 0 Å². The number of thioether (sulfide) groups is 1. The number of phenols is 3. The lowest BCUT2D eigenvalue weighted by molar-refractivity contribution is -0.334. The molecule has 0 aromatic heterocycles. The Morgan fingerprint density at radius 1 is 0.680 bits per heavy atom. The van der Waals surface area contributed by atoms with Crippen LogP contribution in [-0.2, 0) is 67.9 Å². The molecular weight excluding hydrogens is 1700 g/mol. The molecule has 19 atom stereocenters. The monoisotopic (exact) mass is 1790 g/mol. The highest BCUT2D eigenvalue weighted by molar-refractivity contribution is 7.98. The van der Waals surface area contributed by atoms with E-state index in [9.17, 15) is 80.1 Å². The Kier molecular flexibility index (Phi) is 29.5. The van der Waals surface area contributed by atoms with Crippen molar-refractivity contribution in [1.29, 1.82) is 0 Å². The van der Waals surface area contributed by atoms with Crippen LogP contribution in [0.3, 0.4) is 0 Å². The van der Waals surface area contributed by atoms with Crippen LogP contribution in [0, 0.1) is 5.92 Å². The van der Waals surface area contributed by atoms with Crippen LogP contribution < -0.4 is 67.8 Å². The van der Waals surface area contributed by atoms with Gasteiger partial charge >= 0.3 is 11.9 Å². The Balaban J connectivity index is 1.00. The number of halogens is 2. The van der Waals surface area contributed by atoms with Crippen molar-refractivity contribution in [2.45, 2.75) is 174 Å². The summed E-state index contributed by atoms with van der Waals surface area (Å²) in [6, 6.07) is 13.4. The summed E-state index contributed by atoms with van der Waals surface area (Å²) in [7, 11) is 1.47. The fraction of sp³-hybridized carbons (Fsp3) is 0.388. The van der Waals surface area contributed by atoms with E-state index in [2.05, 4.69) is 42.5 Å². The first kappa shape index (κ1) is 92.7. The van der Waals surface area contributed by atoms with Gasteiger partial charge in [0.05, 0.1) is 42.7 Å². The second-order valence-corrected chi connectivity index (χ2v) is 33.3. The number of hydrogen-bond donors (Lipinski definition) is 21. The topological polar surface area (TPSA) is 583 Å². The fourth-order valence-corrected chi connectivity index (χ4v) is 16.4. The number of hydrogen-bond acceptors (Lipinski definition) is 28. The van der Waals surface area contributed by atoms with E-state index < -0.39 is 256 Å². The summed E-state index contributed by atoms with van der Waals surface area (Å²) in [6.45, 7) is 6.30. The van der Waals surface area contributed by atoms with Gasteiger partial charge in [-0.2, -0.15) is 11.8 Å². The standard InChI is InChI=1S/C85H94Cl2N10O27S/c1-36(2)24-51(89-5)76(110)96-68-70(106)43-15-21-56(50(87)26-43)121-58-28-44-27-57(73(58)124-84-74(72(108)71(107)59(34-98)122-84)123-62-33-85(4,75(109)37(3)119-62)90-22-23-125-35-38-6-8-39(9-7-38)40-10-16-45(86)17-11-40)120-47-18-12-41(13-19-47)69(105)67-82(116)95-66(80(114)92-53(83(117)118)32-61(103)104)49-29-46(99)30-55(101)63(49)48-25-42(14-20-54(48)100)64(78(112)97-67)94-79(113)65(44)93-77(111)52(31-60(88)102)91-81(68)115/h6-21,25-30,36-37,51-53,59,62,64-72,74-75,84,89-90,98-101,105-109H,22-24,31-35H2,1-5H3,(H2,88,102)(H,91,115)(H,92,114)(H,93,111)(H,94,113)(H,95,116)(H,96,110)(H,97,112)(H,103,104)(H,117,118)/t37-,51-,52-,53?,59+,62-,64?,65+,66-,67-,68?,69+,70+,71+,72-,74+,75+,84-,85-/m0/s1. The van der Waals surface area contributed by atoms with E-state index in [0.717, 1.165) is 71.3 Å². The van der Waals surface area contributed by atoms with Crippen molar-refractivity contribution in [3.05, 3.63) is 177 Å². The second kappa shape index (κ2) is 39.8. The van der Waals surface area contributed by atoms with Crippen molar-refractivity contribution < 1.29 is 133 Å². The molecule has 0 saturated carbocycles. The zero-order valence-corrected chi connectivity index (χ0v) is 69.8. The van der Waals surface area contributed by atoms with Crippen LogP contribution in [0.5, 0.6) is 46.0 Å². The van der Waals surface area contributed by atoms with Crippen LogP contribution in [0.25, 0.3) is 22.3 Å². The van der Waals surface area contributed by atoms with Crippen LogP contribution in [0.15, 0.2) is 133 Å². The van der Waals surface area contributed by atoms with Gasteiger partial charge in [0.15, 0.2) is 23.9 Å². The average Bonchev–Trinajstić information content (AvgIpc) is 0.760. The van der Waals surface area contributed by atoms with Crippen molar-refractivity contribution in [3.8, 4) is 68.2 Å². The molecule has 7 aromatic carbocycles. The third-order valence-corrected chi connectivity index (χ3v) is 23.4. The Morgan fingerprint density at radius 2 is 1.33 bits per heavy atom. The molecule has 14 rings (SSSR count). The van der Waals surface area contributed by atoms with Gasteiger partial charge in [-0.25, -0.2) is 4.79 Å². The van der Waals surface area contributed by atoms with Gasteiger partial charge in [0.1, 0.15) is 102 Å². The van der Waals surface area contributed by atoms with E-state index in [1.807, 2.05) is 67.7 Å². The maximum absolute atomic E-state index is 16.3. The number of aromatic hydroxyl groups is 3. The molecule has 7 heterocycles. The Labute approximate surface area is 727 Å². The lowest BCUT2D eigenvalue weighted by Gasteiger charge is -2.48. The summed E-state index contributed by atoms with van der Waals surface area (Å²) in [5.74, 6) is -18.5. The van der Waals surface area contributed by atoms with E-state index in [1.54, 1.807) is 25.6 Å². The number of nitrogens with one attached hydrogen (secondary N) is 9. The molecule has 40 heteroatoms. The lowest BCUT2D eigenvalue weighted by Crippen LogP contribution is -2.65. The number of carboxylic acid groups (broad SMARTS) is 2. The minimum absolute atomic E-state index is 0.123. The summed E-state index contributed by atoms with van der Waals surface area (Å²) in [5, 5.41) is 150. The summed E-state index contributed by atoms with van der Waals surface area (Å²) >= 11 is 14.9. The number of primary amides is 1. The van der Waals surface area contributed by atoms with Crippen molar-refractivity contribution >= 4 is 94.2 Å². The third kappa shape index (κ3) is 21.6. The molecule has 666 valence electrons. The number of fused-ring (bicyclic) bond motifs is 15. The molecule has 11 bridgehead atoms. The molecule has 0 radical (unpaired) electrons. The van der Waals surface area contributed by atoms with Crippen LogP contribution in [0.4, 0.5) is 0 Å². The smallest absolute Gasteiger partial charge is 0.326 e. The Bertz CT molecular complexity index is 5220. The van der Waals surface area contributed by atoms with Gasteiger partial charge < -0.3 is 138 Å². The number of rotatable bonds is 24. The molecule has 0 spiro atoms. The normalized spacial score (nSPS) is 26.2. The van der Waals surface area contributed by atoms with E-state index in [0.29, 0.717) is 29.1 Å². The van der Waals surface area contributed by atoms with Gasteiger partial charge in [-0.15, -0.1) is 0 Å². The number of aliphatic hydroxyl groups is 6. The van der Waals surface area contributed by atoms with Crippen LogP contribution in [-0.4, -0.2) is 226 Å². The summed E-state index contributed by atoms with van der Waals surface area (Å²) in [4.78, 5) is 145. The van der Waals surface area contributed by atoms with Crippen molar-refractivity contribution in [1.82, 2.24) is 47.9 Å². The minimum atomic E-state index is -2.39. The molecule has 2 fully saturated rings. The van der Waals surface area contributed by atoms with E-state index in [-0.39, 0.29) is 46.4 Å². The first-order valence-corrected chi connectivity index (χ1v) is 41.5. The van der Waals surface area contributed by atoms with Gasteiger partial charge in [0, 0.05) is 52.2 Å². The highest BCUT2D eigenvalue weighted by Gasteiger charge is 2.52. The van der Waals surface area contributed by atoms with E-state index in [1.165, 1.54) is 31.3 Å². The van der Waals surface area contributed by atoms with Crippen molar-refractivity contribution in [2.24, 2.45) is 11.7 Å². The zero-order valence-electron chi connectivity index (χ0n) is 67.5. The van der Waals surface area contributed by atoms with Gasteiger partial charge in [-0.1, -0.05) is 97.7 Å². The number of phenolic OH excluding ortho intramolecular Hbond substituents is 3. The Morgan fingerprint density at radius 3 is 1.98 bits per heavy atom. The number of carbonyl (C=O) groups is 10. The Hall–Kier alpha value is -11.5. The number of likely N-dealkylation sites (N-methyl/N-ethyl adjacent to an activating group) is 1. The molecule has 7 aromatic rings. The molecule has 37 nitrogen and oxygen atoms in total. The number of nitrogens with two attached hydrogens (primary N) is 1. The third-order valence-electron chi connectivity index (χ3n) is 21.8. The van der Waals surface area contributed by atoms with Gasteiger partial charge in [0.25, 0.3) is 0 Å². The number of aliphatic carboxylic acids is 2. The van der Waals surface area contributed by atoms with Crippen LogP contribution in [0.1, 0.15) is 117 Å². The fourth-order valence-electron chi connectivity index (χ4n) is 15.3. The van der Waals surface area contributed by atoms with Crippen molar-refractivity contribution in [2.75, 3.05) is 26.0 Å². The van der Waals surface area contributed by atoms with Crippen LogP contribution >= 0.6 is 35.0 Å². The average molecular weight is 1790 g/mol. The summed E-state index contributed by atoms with van der Waals surface area (Å²) in [5.41, 5.74) is 4.48. The first-order chi connectivity index (χ1) is 59.4. The van der Waals surface area contributed by atoms with E-state index >= 15 is 24.0 Å². The summed E-state index contributed by atoms with van der Waals surface area (Å²) < 4.78 is 39.5. The van der Waals surface area contributed by atoms with E-state index in [4.69, 9.17) is 57.4 Å². The summed E-state index contributed by atoms with van der Waals surface area (Å²) in [6.07, 6.45) is -19.9. The van der Waals surface area contributed by atoms with Gasteiger partial charge in [-0.3, -0.25) is 43.2 Å². The predicted molar refractivity (Wildman–Crippen MR) is 445 cm³/mol. The highest BCUT2D eigenvalue weighted by atomic mass is 35.5. The molecule has 7 aliphatic rings. The molecule has 2 saturated heterocycles. The highest BCUT2D eigenvalue weighted by Crippen LogP contribution is 2.50. The number of benzene rings is 7. The predicted octanol–water partition coefficient (Wildman–Crippen LogP) is 3.30. The second-order valence-electron chi connectivity index (χ2n) is 31.3. The molecule has 0 aliphatic carbocycles. The first-order valence-electron chi connectivity index (χ1n) is 39.6. The SMILES string of the molecule is CN[C@@H](CC(C)C)C(=O)NC1C(=O)N[C@@H](CC(N)=O)C(=O)N[C@H]2C(=O)NC3C(=O)N[C@H](C(=O)N[C@H](C(=O)NC(CC(=O)O)C(=O)O)c4cc(O)cc(O)c4-c4cc3ccc4O)[C@H](O)c3ccc(cc3)Oc3cc2cc(c3O[C@@H]2O[C@H](CO)[C@@H](O)[C@H](O)[C@H]2O[C@H]2C[C@](C)(NCCSCc3ccc(-c4ccc(Cl)cc4)cc3)[C@H](O)[C@H](C)O2)Oc2ccc(cc2Cl)[C@H]1O. The number of aliphatic hydroxyl groups excluding tert-OH is 6. The number of carboxylic acids is 2. The quantitative estimate of drug-likeness (QED) is 0.0386. The molecule has 7 aliphatic heterocycles. The molecular formula is C85H94Cl2N10O27S. The maximum Gasteiger partial charge on any atom is 0.326 e.